The van der Waals surface area contributed by atoms with E-state index >= 15 is 0 Å². The number of ether oxygens (including phenoxy) is 2. The Bertz CT molecular complexity index is 811. The molecule has 5 nitrogen and oxygen atoms in total. The fourth-order valence-electron chi connectivity index (χ4n) is 3.07. The van der Waals surface area contributed by atoms with Crippen molar-refractivity contribution in [2.45, 2.75) is 51.7 Å². The van der Waals surface area contributed by atoms with Crippen LogP contribution in [0.5, 0.6) is 0 Å². The number of hydrogen-bond acceptors (Lipinski definition) is 6. The maximum atomic E-state index is 6.28. The van der Waals surface area contributed by atoms with Gasteiger partial charge in [-0.05, 0) is 74.7 Å². The van der Waals surface area contributed by atoms with Gasteiger partial charge in [-0.3, -0.25) is 4.98 Å². The Morgan fingerprint density at radius 1 is 1.03 bits per heavy atom. The number of hydrogen-bond donors (Lipinski definition) is 0. The van der Waals surface area contributed by atoms with Crippen molar-refractivity contribution in [2.24, 2.45) is 0 Å². The number of aryl methyl sites for hydroxylation is 1. The lowest BCUT2D eigenvalue weighted by Crippen LogP contribution is -2.41. The maximum Gasteiger partial charge on any atom is 0.496 e. The van der Waals surface area contributed by atoms with Crippen molar-refractivity contribution in [3.05, 3.63) is 33.7 Å². The van der Waals surface area contributed by atoms with E-state index in [2.05, 4.69) is 61.8 Å². The van der Waals surface area contributed by atoms with Crippen LogP contribution in [0.1, 0.15) is 39.8 Å². The van der Waals surface area contributed by atoms with E-state index in [1.807, 2.05) is 6.07 Å². The Balaban J connectivity index is 1.81. The molecule has 0 unspecified atom stereocenters. The summed E-state index contributed by atoms with van der Waals surface area (Å²) in [6.07, 6.45) is 1.67. The Kier molecular flexibility index (Phi) is 7.57. The summed E-state index contributed by atoms with van der Waals surface area (Å²) >= 11 is 5.21. The van der Waals surface area contributed by atoms with Crippen LogP contribution in [0.2, 0.25) is 0 Å². The molecule has 1 fully saturated rings. The molecular weight excluding hydrogens is 453 g/mol. The third-order valence-corrected chi connectivity index (χ3v) is 7.12. The molecular formula is C21H29BBrNO4S. The van der Waals surface area contributed by atoms with Crippen LogP contribution in [-0.2, 0) is 25.2 Å². The molecule has 158 valence electrons. The van der Waals surface area contributed by atoms with Crippen LogP contribution in [0, 0.1) is 0 Å². The number of pyridine rings is 1. The molecule has 0 N–H and O–H groups in total. The Morgan fingerprint density at radius 2 is 1.76 bits per heavy atom. The van der Waals surface area contributed by atoms with Crippen molar-refractivity contribution in [2.75, 3.05) is 26.9 Å². The van der Waals surface area contributed by atoms with E-state index in [1.54, 1.807) is 18.4 Å². The van der Waals surface area contributed by atoms with Gasteiger partial charge in [0.2, 0.25) is 0 Å². The second-order valence-corrected chi connectivity index (χ2v) is 10.6. The molecule has 0 aliphatic carbocycles. The Hall–Kier alpha value is -0.765. The summed E-state index contributed by atoms with van der Waals surface area (Å²) in [6, 6.07) is 8.28. The van der Waals surface area contributed by atoms with Crippen molar-refractivity contribution in [1.29, 1.82) is 0 Å². The summed E-state index contributed by atoms with van der Waals surface area (Å²) < 4.78 is 24.3. The highest BCUT2D eigenvalue weighted by atomic mass is 79.9. The van der Waals surface area contributed by atoms with E-state index in [0.29, 0.717) is 19.8 Å². The van der Waals surface area contributed by atoms with E-state index in [0.717, 1.165) is 38.4 Å². The first-order chi connectivity index (χ1) is 13.7. The quantitative estimate of drug-likeness (QED) is 0.390. The molecule has 0 atom stereocenters. The molecule has 0 spiro atoms. The van der Waals surface area contributed by atoms with Crippen LogP contribution in [0.15, 0.2) is 28.1 Å². The van der Waals surface area contributed by atoms with Crippen molar-refractivity contribution in [1.82, 2.24) is 4.98 Å². The van der Waals surface area contributed by atoms with Gasteiger partial charge in [0.05, 0.1) is 38.8 Å². The number of thiophene rings is 1. The lowest BCUT2D eigenvalue weighted by atomic mass is 9.77. The number of rotatable bonds is 9. The van der Waals surface area contributed by atoms with E-state index < -0.39 is 7.12 Å². The van der Waals surface area contributed by atoms with E-state index in [1.165, 1.54) is 0 Å². The van der Waals surface area contributed by atoms with Crippen LogP contribution in [0.3, 0.4) is 0 Å². The van der Waals surface area contributed by atoms with Gasteiger partial charge in [0.15, 0.2) is 0 Å². The maximum absolute atomic E-state index is 6.28. The van der Waals surface area contributed by atoms with Gasteiger partial charge in [0.1, 0.15) is 0 Å². The normalized spacial score (nSPS) is 17.8. The van der Waals surface area contributed by atoms with Crippen molar-refractivity contribution >= 4 is 39.8 Å². The zero-order chi connectivity index (χ0) is 21.1. The Labute approximate surface area is 186 Å². The minimum absolute atomic E-state index is 0.379. The third kappa shape index (κ3) is 5.48. The molecule has 3 rings (SSSR count). The van der Waals surface area contributed by atoms with Gasteiger partial charge in [0.25, 0.3) is 0 Å². The third-order valence-electron chi connectivity index (χ3n) is 5.48. The molecule has 0 bridgehead atoms. The molecule has 29 heavy (non-hydrogen) atoms. The zero-order valence-corrected chi connectivity index (χ0v) is 20.2. The molecule has 1 saturated heterocycles. The van der Waals surface area contributed by atoms with Gasteiger partial charge < -0.3 is 18.8 Å². The van der Waals surface area contributed by atoms with Crippen LogP contribution in [0.25, 0.3) is 10.6 Å². The highest BCUT2D eigenvalue weighted by Crippen LogP contribution is 2.37. The predicted molar refractivity (Wildman–Crippen MR) is 122 cm³/mol. The van der Waals surface area contributed by atoms with Crippen LogP contribution >= 0.6 is 27.3 Å². The monoisotopic (exact) mass is 481 g/mol. The topological polar surface area (TPSA) is 49.8 Å². The molecule has 0 amide bonds. The number of methoxy groups -OCH3 is 1. The highest BCUT2D eigenvalue weighted by Gasteiger charge is 2.52. The molecule has 1 aliphatic rings. The largest absolute Gasteiger partial charge is 0.496 e. The lowest BCUT2D eigenvalue weighted by molar-refractivity contribution is 0.00578. The SMILES string of the molecule is COCCOCCCc1nc(-c2ccc(Br)s2)ccc1B1OC(C)(C)C(C)(C)O1. The number of aromatic nitrogens is 1. The Morgan fingerprint density at radius 3 is 2.38 bits per heavy atom. The smallest absolute Gasteiger partial charge is 0.399 e. The van der Waals surface area contributed by atoms with Gasteiger partial charge in [-0.1, -0.05) is 6.07 Å². The molecule has 0 aromatic carbocycles. The molecule has 3 heterocycles. The van der Waals surface area contributed by atoms with E-state index in [9.17, 15) is 0 Å². The first-order valence-electron chi connectivity index (χ1n) is 9.91. The first-order valence-corrected chi connectivity index (χ1v) is 11.5. The summed E-state index contributed by atoms with van der Waals surface area (Å²) in [5.74, 6) is 0. The van der Waals surface area contributed by atoms with Gasteiger partial charge >= 0.3 is 7.12 Å². The van der Waals surface area contributed by atoms with Gasteiger partial charge in [-0.2, -0.15) is 0 Å². The van der Waals surface area contributed by atoms with Gasteiger partial charge in [-0.15, -0.1) is 11.3 Å². The second-order valence-electron chi connectivity index (χ2n) is 8.13. The first kappa shape index (κ1) is 22.9. The average Bonchev–Trinajstić information content (AvgIpc) is 3.18. The fraction of sp³-hybridized carbons (Fsp3) is 0.571. The summed E-state index contributed by atoms with van der Waals surface area (Å²) in [7, 11) is 1.26. The molecule has 8 heteroatoms. The van der Waals surface area contributed by atoms with Crippen molar-refractivity contribution < 1.29 is 18.8 Å². The number of nitrogens with zero attached hydrogens (tertiary/aromatic N) is 1. The van der Waals surface area contributed by atoms with Crippen molar-refractivity contribution in [3.8, 4) is 10.6 Å². The average molecular weight is 482 g/mol. The lowest BCUT2D eigenvalue weighted by Gasteiger charge is -2.32. The number of halogens is 1. The van der Waals surface area contributed by atoms with Gasteiger partial charge in [0, 0.05) is 24.9 Å². The summed E-state index contributed by atoms with van der Waals surface area (Å²) in [6.45, 7) is 10.2. The fourth-order valence-corrected chi connectivity index (χ4v) is 4.43. The summed E-state index contributed by atoms with van der Waals surface area (Å²) in [5, 5.41) is 0. The summed E-state index contributed by atoms with van der Waals surface area (Å²) in [5.41, 5.74) is 2.21. The zero-order valence-electron chi connectivity index (χ0n) is 17.8. The molecule has 2 aromatic heterocycles. The molecule has 2 aromatic rings. The standard InChI is InChI=1S/C21H29BBrNO4S/c1-20(2)21(3,4)28-22(27-20)15-8-9-17(18-10-11-19(23)29-18)24-16(15)7-6-12-26-14-13-25-5/h8-11H,6-7,12-14H2,1-5H3. The molecule has 0 saturated carbocycles. The minimum atomic E-state index is -0.416. The van der Waals surface area contributed by atoms with E-state index in [-0.39, 0.29) is 11.2 Å². The molecule has 1 aliphatic heterocycles. The second kappa shape index (κ2) is 9.58. The van der Waals surface area contributed by atoms with Crippen LogP contribution in [-0.4, -0.2) is 50.2 Å². The highest BCUT2D eigenvalue weighted by molar-refractivity contribution is 9.11. The van der Waals surface area contributed by atoms with Crippen molar-refractivity contribution in [3.63, 3.8) is 0 Å². The van der Waals surface area contributed by atoms with E-state index in [4.69, 9.17) is 23.8 Å². The summed E-state index contributed by atoms with van der Waals surface area (Å²) in [4.78, 5) is 6.11. The minimum Gasteiger partial charge on any atom is -0.399 e. The predicted octanol–water partition coefficient (Wildman–Crippen LogP) is 4.47. The molecule has 0 radical (unpaired) electrons. The van der Waals surface area contributed by atoms with Gasteiger partial charge in [-0.25, -0.2) is 0 Å². The van der Waals surface area contributed by atoms with Crippen LogP contribution < -0.4 is 5.46 Å². The van der Waals surface area contributed by atoms with Crippen LogP contribution in [0.4, 0.5) is 0 Å².